The molecule has 0 unspecified atom stereocenters. The second-order valence-corrected chi connectivity index (χ2v) is 5.14. The minimum Gasteiger partial charge on any atom is -0.480 e. The Labute approximate surface area is 123 Å². The predicted molar refractivity (Wildman–Crippen MR) is 80.7 cm³/mol. The Balaban J connectivity index is 2.27. The Morgan fingerprint density at radius 2 is 1.81 bits per heavy atom. The largest absolute Gasteiger partial charge is 0.480 e. The van der Waals surface area contributed by atoms with Gasteiger partial charge < -0.3 is 15.0 Å². The summed E-state index contributed by atoms with van der Waals surface area (Å²) < 4.78 is 1.41. The lowest BCUT2D eigenvalue weighted by Crippen LogP contribution is -2.20. The van der Waals surface area contributed by atoms with E-state index < -0.39 is 5.97 Å². The number of nitrogens with zero attached hydrogens (tertiary/aromatic N) is 1. The van der Waals surface area contributed by atoms with E-state index >= 15 is 0 Å². The van der Waals surface area contributed by atoms with Gasteiger partial charge in [0.15, 0.2) is 0 Å². The van der Waals surface area contributed by atoms with E-state index in [-0.39, 0.29) is 12.5 Å². The number of aromatic nitrogens is 1. The SMILES string of the molecule is Cc1cc(C)c(NC(=O)c2cccn2CC(=O)O)c(C)c1. The summed E-state index contributed by atoms with van der Waals surface area (Å²) in [6.45, 7) is 5.64. The van der Waals surface area contributed by atoms with E-state index in [4.69, 9.17) is 5.11 Å². The molecule has 0 radical (unpaired) electrons. The molecule has 2 aromatic rings. The third kappa shape index (κ3) is 3.31. The number of anilines is 1. The predicted octanol–water partition coefficient (Wildman–Crippen LogP) is 2.75. The molecule has 0 aliphatic rings. The van der Waals surface area contributed by atoms with Crippen molar-refractivity contribution in [2.75, 3.05) is 5.32 Å². The van der Waals surface area contributed by atoms with Gasteiger partial charge in [-0.1, -0.05) is 17.7 Å². The first kappa shape index (κ1) is 14.8. The van der Waals surface area contributed by atoms with Crippen molar-refractivity contribution in [2.24, 2.45) is 0 Å². The van der Waals surface area contributed by atoms with Crippen LogP contribution in [0.1, 0.15) is 27.2 Å². The van der Waals surface area contributed by atoms with Gasteiger partial charge in [-0.05, 0) is 44.0 Å². The van der Waals surface area contributed by atoms with Gasteiger partial charge in [0.25, 0.3) is 5.91 Å². The molecule has 1 aromatic carbocycles. The summed E-state index contributed by atoms with van der Waals surface area (Å²) in [7, 11) is 0. The van der Waals surface area contributed by atoms with E-state index in [0.29, 0.717) is 5.69 Å². The minimum atomic E-state index is -0.983. The summed E-state index contributed by atoms with van der Waals surface area (Å²) in [5.41, 5.74) is 4.21. The molecule has 110 valence electrons. The number of carboxylic acids is 1. The number of aryl methyl sites for hydroxylation is 3. The number of benzene rings is 1. The van der Waals surface area contributed by atoms with Crippen molar-refractivity contribution in [3.05, 3.63) is 52.8 Å². The van der Waals surface area contributed by atoms with Crippen LogP contribution in [0.25, 0.3) is 0 Å². The lowest BCUT2D eigenvalue weighted by atomic mass is 10.1. The maximum Gasteiger partial charge on any atom is 0.323 e. The Kier molecular flexibility index (Phi) is 4.12. The quantitative estimate of drug-likeness (QED) is 0.907. The van der Waals surface area contributed by atoms with E-state index in [9.17, 15) is 9.59 Å². The van der Waals surface area contributed by atoms with Crippen LogP contribution in [0, 0.1) is 20.8 Å². The second kappa shape index (κ2) is 5.83. The van der Waals surface area contributed by atoms with Crippen LogP contribution in [0.15, 0.2) is 30.5 Å². The Morgan fingerprint density at radius 3 is 2.38 bits per heavy atom. The highest BCUT2D eigenvalue weighted by Gasteiger charge is 2.15. The fraction of sp³-hybridized carbons (Fsp3) is 0.250. The molecular formula is C16H18N2O3. The van der Waals surface area contributed by atoms with Crippen LogP contribution in [0.5, 0.6) is 0 Å². The monoisotopic (exact) mass is 286 g/mol. The molecule has 5 nitrogen and oxygen atoms in total. The van der Waals surface area contributed by atoms with Gasteiger partial charge in [0, 0.05) is 11.9 Å². The van der Waals surface area contributed by atoms with Crippen molar-refractivity contribution < 1.29 is 14.7 Å². The van der Waals surface area contributed by atoms with Gasteiger partial charge in [0.05, 0.1) is 0 Å². The van der Waals surface area contributed by atoms with E-state index in [1.165, 1.54) is 4.57 Å². The fourth-order valence-corrected chi connectivity index (χ4v) is 2.46. The smallest absolute Gasteiger partial charge is 0.323 e. The highest BCUT2D eigenvalue weighted by atomic mass is 16.4. The zero-order valence-electron chi connectivity index (χ0n) is 12.3. The van der Waals surface area contributed by atoms with Gasteiger partial charge >= 0.3 is 5.97 Å². The third-order valence-electron chi connectivity index (χ3n) is 3.28. The summed E-state index contributed by atoms with van der Waals surface area (Å²) in [6, 6.07) is 7.27. The van der Waals surface area contributed by atoms with Gasteiger partial charge in [0.1, 0.15) is 12.2 Å². The molecule has 0 aliphatic heterocycles. The van der Waals surface area contributed by atoms with E-state index in [1.807, 2.05) is 32.9 Å². The minimum absolute atomic E-state index is 0.235. The Morgan fingerprint density at radius 1 is 1.19 bits per heavy atom. The zero-order chi connectivity index (χ0) is 15.6. The molecule has 1 amide bonds. The summed E-state index contributed by atoms with van der Waals surface area (Å²) in [6.07, 6.45) is 1.58. The molecule has 21 heavy (non-hydrogen) atoms. The molecule has 2 rings (SSSR count). The van der Waals surface area contributed by atoms with Gasteiger partial charge in [0.2, 0.25) is 0 Å². The molecule has 2 N–H and O–H groups in total. The summed E-state index contributed by atoms with van der Waals surface area (Å²) >= 11 is 0. The van der Waals surface area contributed by atoms with Crippen LogP contribution >= 0.6 is 0 Å². The second-order valence-electron chi connectivity index (χ2n) is 5.14. The fourth-order valence-electron chi connectivity index (χ4n) is 2.46. The van der Waals surface area contributed by atoms with Crippen molar-refractivity contribution in [3.63, 3.8) is 0 Å². The molecule has 0 atom stereocenters. The Hall–Kier alpha value is -2.56. The van der Waals surface area contributed by atoms with Crippen LogP contribution in [0.4, 0.5) is 5.69 Å². The summed E-state index contributed by atoms with van der Waals surface area (Å²) in [4.78, 5) is 23.1. The number of rotatable bonds is 4. The summed E-state index contributed by atoms with van der Waals surface area (Å²) in [5.74, 6) is -1.29. The number of carbonyl (C=O) groups is 2. The van der Waals surface area contributed by atoms with Crippen molar-refractivity contribution in [1.29, 1.82) is 0 Å². The first-order valence-electron chi connectivity index (χ1n) is 6.64. The average Bonchev–Trinajstić information content (AvgIpc) is 2.80. The van der Waals surface area contributed by atoms with Crippen molar-refractivity contribution in [1.82, 2.24) is 4.57 Å². The van der Waals surface area contributed by atoms with Crippen LogP contribution < -0.4 is 5.32 Å². The van der Waals surface area contributed by atoms with Crippen molar-refractivity contribution in [2.45, 2.75) is 27.3 Å². The van der Waals surface area contributed by atoms with E-state index in [1.54, 1.807) is 18.3 Å². The van der Waals surface area contributed by atoms with Crippen LogP contribution in [-0.2, 0) is 11.3 Å². The third-order valence-corrected chi connectivity index (χ3v) is 3.28. The van der Waals surface area contributed by atoms with Gasteiger partial charge in [-0.25, -0.2) is 0 Å². The average molecular weight is 286 g/mol. The van der Waals surface area contributed by atoms with Crippen LogP contribution in [-0.4, -0.2) is 21.6 Å². The van der Waals surface area contributed by atoms with Crippen LogP contribution in [0.3, 0.4) is 0 Å². The number of hydrogen-bond donors (Lipinski definition) is 2. The Bertz CT molecular complexity index is 678. The van der Waals surface area contributed by atoms with Gasteiger partial charge in [-0.3, -0.25) is 9.59 Å². The lowest BCUT2D eigenvalue weighted by molar-refractivity contribution is -0.137. The molecule has 1 heterocycles. The molecule has 0 aliphatic carbocycles. The first-order chi connectivity index (χ1) is 9.88. The normalized spacial score (nSPS) is 10.4. The zero-order valence-corrected chi connectivity index (χ0v) is 12.3. The number of hydrogen-bond acceptors (Lipinski definition) is 2. The molecule has 1 aromatic heterocycles. The van der Waals surface area contributed by atoms with Crippen LogP contribution in [0.2, 0.25) is 0 Å². The maximum absolute atomic E-state index is 12.3. The standard InChI is InChI=1S/C16H18N2O3/c1-10-7-11(2)15(12(3)8-10)17-16(21)13-5-4-6-18(13)9-14(19)20/h4-8H,9H2,1-3H3,(H,17,21)(H,19,20). The number of nitrogens with one attached hydrogen (secondary N) is 1. The molecule has 0 saturated heterocycles. The maximum atomic E-state index is 12.3. The molecular weight excluding hydrogens is 268 g/mol. The molecule has 5 heteroatoms. The van der Waals surface area contributed by atoms with E-state index in [2.05, 4.69) is 5.32 Å². The highest BCUT2D eigenvalue weighted by Crippen LogP contribution is 2.22. The number of amides is 1. The van der Waals surface area contributed by atoms with E-state index in [0.717, 1.165) is 22.4 Å². The number of carboxylic acid groups (broad SMARTS) is 1. The molecule has 0 bridgehead atoms. The van der Waals surface area contributed by atoms with Gasteiger partial charge in [-0.2, -0.15) is 0 Å². The number of aliphatic carboxylic acids is 1. The highest BCUT2D eigenvalue weighted by molar-refractivity contribution is 6.04. The number of carbonyl (C=O) groups excluding carboxylic acids is 1. The van der Waals surface area contributed by atoms with Crippen molar-refractivity contribution >= 4 is 17.6 Å². The molecule has 0 fully saturated rings. The van der Waals surface area contributed by atoms with Crippen molar-refractivity contribution in [3.8, 4) is 0 Å². The molecule has 0 saturated carbocycles. The topological polar surface area (TPSA) is 71.3 Å². The molecule has 0 spiro atoms. The lowest BCUT2D eigenvalue weighted by Gasteiger charge is -2.13. The first-order valence-corrected chi connectivity index (χ1v) is 6.64. The van der Waals surface area contributed by atoms with Gasteiger partial charge in [-0.15, -0.1) is 0 Å². The summed E-state index contributed by atoms with van der Waals surface area (Å²) in [5, 5.41) is 11.7.